The van der Waals surface area contributed by atoms with Crippen molar-refractivity contribution in [2.24, 2.45) is 0 Å². The van der Waals surface area contributed by atoms with Gasteiger partial charge < -0.3 is 10.2 Å². The Labute approximate surface area is 148 Å². The molecule has 0 bridgehead atoms. The molecule has 1 N–H and O–H groups in total. The van der Waals surface area contributed by atoms with Crippen LogP contribution < -0.4 is 5.32 Å². The second kappa shape index (κ2) is 7.15. The summed E-state index contributed by atoms with van der Waals surface area (Å²) in [6.45, 7) is 0. The highest BCUT2D eigenvalue weighted by Gasteiger charge is 2.33. The Morgan fingerprint density at radius 2 is 1.80 bits per heavy atom. The fourth-order valence-corrected chi connectivity index (χ4v) is 5.36. The number of carbonyl (C=O) groups is 2. The second-order valence-electron chi connectivity index (χ2n) is 7.01. The van der Waals surface area contributed by atoms with Crippen molar-refractivity contribution in [2.45, 2.75) is 44.2 Å². The zero-order valence-electron chi connectivity index (χ0n) is 14.4. The van der Waals surface area contributed by atoms with Crippen LogP contribution in [0.3, 0.4) is 0 Å². The van der Waals surface area contributed by atoms with Crippen molar-refractivity contribution in [1.29, 1.82) is 0 Å². The van der Waals surface area contributed by atoms with E-state index in [2.05, 4.69) is 5.32 Å². The number of hydrogen-bond donors (Lipinski definition) is 1. The van der Waals surface area contributed by atoms with Crippen LogP contribution in [0.5, 0.6) is 0 Å². The minimum Gasteiger partial charge on any atom is -0.349 e. The van der Waals surface area contributed by atoms with Crippen LogP contribution in [-0.2, 0) is 9.84 Å². The number of carbonyl (C=O) groups excluding carboxylic acids is 2. The van der Waals surface area contributed by atoms with Crippen molar-refractivity contribution in [3.63, 3.8) is 0 Å². The smallest absolute Gasteiger partial charge is 0.253 e. The molecular formula is C18H24N2O4S. The van der Waals surface area contributed by atoms with Crippen LogP contribution >= 0.6 is 0 Å². The van der Waals surface area contributed by atoms with Crippen LogP contribution in [0.2, 0.25) is 0 Å². The molecule has 3 rings (SSSR count). The number of amides is 2. The van der Waals surface area contributed by atoms with E-state index in [9.17, 15) is 18.0 Å². The Kier molecular flexibility index (Phi) is 5.13. The standard InChI is InChI=1S/C18H24N2O4S/c1-20(16-9-10-25(23,24)12-16)18(22)14-6-4-5-13(11-14)17(21)19-15-7-2-3-8-15/h4-6,11,15-16H,2-3,7-10,12H2,1H3,(H,19,21). The predicted octanol–water partition coefficient (Wildman–Crippen LogP) is 1.62. The van der Waals surface area contributed by atoms with Gasteiger partial charge >= 0.3 is 0 Å². The lowest BCUT2D eigenvalue weighted by Crippen LogP contribution is -2.38. The maximum atomic E-state index is 12.7. The second-order valence-corrected chi connectivity index (χ2v) is 9.24. The van der Waals surface area contributed by atoms with Crippen molar-refractivity contribution in [2.75, 3.05) is 18.6 Å². The lowest BCUT2D eigenvalue weighted by atomic mass is 10.1. The molecule has 1 unspecified atom stereocenters. The maximum absolute atomic E-state index is 12.7. The van der Waals surface area contributed by atoms with Gasteiger partial charge in [0.1, 0.15) is 0 Å². The highest BCUT2D eigenvalue weighted by atomic mass is 32.2. The minimum atomic E-state index is -3.05. The first-order valence-electron chi connectivity index (χ1n) is 8.74. The van der Waals surface area contributed by atoms with Crippen molar-refractivity contribution >= 4 is 21.7 Å². The van der Waals surface area contributed by atoms with Crippen molar-refractivity contribution in [3.8, 4) is 0 Å². The first-order valence-corrected chi connectivity index (χ1v) is 10.6. The average molecular weight is 364 g/mol. The third kappa shape index (κ3) is 4.21. The lowest BCUT2D eigenvalue weighted by molar-refractivity contribution is 0.0747. The van der Waals surface area contributed by atoms with Gasteiger partial charge in [-0.05, 0) is 37.5 Å². The summed E-state index contributed by atoms with van der Waals surface area (Å²) in [4.78, 5) is 26.5. The van der Waals surface area contributed by atoms with Gasteiger partial charge in [-0.2, -0.15) is 0 Å². The summed E-state index contributed by atoms with van der Waals surface area (Å²) in [5, 5.41) is 3.01. The molecule has 2 aliphatic rings. The molecule has 25 heavy (non-hydrogen) atoms. The van der Waals surface area contributed by atoms with Crippen LogP contribution in [0, 0.1) is 0 Å². The van der Waals surface area contributed by atoms with E-state index in [0.29, 0.717) is 17.5 Å². The van der Waals surface area contributed by atoms with E-state index in [4.69, 9.17) is 0 Å². The van der Waals surface area contributed by atoms with E-state index in [-0.39, 0.29) is 35.4 Å². The predicted molar refractivity (Wildman–Crippen MR) is 95.3 cm³/mol. The third-order valence-electron chi connectivity index (χ3n) is 5.14. The zero-order chi connectivity index (χ0) is 18.0. The molecule has 136 valence electrons. The molecule has 0 aromatic heterocycles. The van der Waals surface area contributed by atoms with Gasteiger partial charge in [-0.15, -0.1) is 0 Å². The van der Waals surface area contributed by atoms with Gasteiger partial charge in [0, 0.05) is 30.3 Å². The highest BCUT2D eigenvalue weighted by molar-refractivity contribution is 7.91. The molecule has 1 aromatic rings. The molecule has 1 saturated carbocycles. The quantitative estimate of drug-likeness (QED) is 0.880. The summed E-state index contributed by atoms with van der Waals surface area (Å²) in [6.07, 6.45) is 4.75. The Morgan fingerprint density at radius 3 is 2.44 bits per heavy atom. The number of nitrogens with one attached hydrogen (secondary N) is 1. The molecular weight excluding hydrogens is 340 g/mol. The normalized spacial score (nSPS) is 22.7. The molecule has 1 aliphatic heterocycles. The molecule has 7 heteroatoms. The van der Waals surface area contributed by atoms with Crippen LogP contribution in [0.25, 0.3) is 0 Å². The van der Waals surface area contributed by atoms with Gasteiger partial charge in [0.15, 0.2) is 9.84 Å². The number of sulfone groups is 1. The van der Waals surface area contributed by atoms with E-state index in [1.54, 1.807) is 31.3 Å². The van der Waals surface area contributed by atoms with Gasteiger partial charge in [-0.1, -0.05) is 18.9 Å². The third-order valence-corrected chi connectivity index (χ3v) is 6.89. The molecule has 1 heterocycles. The maximum Gasteiger partial charge on any atom is 0.253 e. The van der Waals surface area contributed by atoms with Crippen LogP contribution in [0.1, 0.15) is 52.8 Å². The molecule has 1 saturated heterocycles. The van der Waals surface area contributed by atoms with Crippen LogP contribution in [-0.4, -0.2) is 55.8 Å². The molecule has 1 aromatic carbocycles. The fourth-order valence-electron chi connectivity index (χ4n) is 3.58. The fraction of sp³-hybridized carbons (Fsp3) is 0.556. The van der Waals surface area contributed by atoms with Gasteiger partial charge in [0.05, 0.1) is 11.5 Å². The summed E-state index contributed by atoms with van der Waals surface area (Å²) in [7, 11) is -1.43. The largest absolute Gasteiger partial charge is 0.349 e. The van der Waals surface area contributed by atoms with E-state index >= 15 is 0 Å². The van der Waals surface area contributed by atoms with E-state index in [1.807, 2.05) is 0 Å². The number of rotatable bonds is 4. The number of benzene rings is 1. The summed E-state index contributed by atoms with van der Waals surface area (Å²) in [5.41, 5.74) is 0.871. The molecule has 2 fully saturated rings. The Hall–Kier alpha value is -1.89. The first kappa shape index (κ1) is 17.9. The summed E-state index contributed by atoms with van der Waals surface area (Å²) in [6, 6.07) is 6.56. The molecule has 1 atom stereocenters. The van der Waals surface area contributed by atoms with Gasteiger partial charge in [0.25, 0.3) is 11.8 Å². The molecule has 0 radical (unpaired) electrons. The SMILES string of the molecule is CN(C(=O)c1cccc(C(=O)NC2CCCC2)c1)C1CCS(=O)(=O)C1. The van der Waals surface area contributed by atoms with Gasteiger partial charge in [-0.25, -0.2) is 8.42 Å². The number of nitrogens with zero attached hydrogens (tertiary/aromatic N) is 1. The van der Waals surface area contributed by atoms with Crippen LogP contribution in [0.15, 0.2) is 24.3 Å². The Balaban J connectivity index is 1.69. The van der Waals surface area contributed by atoms with Gasteiger partial charge in [0.2, 0.25) is 0 Å². The summed E-state index contributed by atoms with van der Waals surface area (Å²) in [5.74, 6) is -0.277. The zero-order valence-corrected chi connectivity index (χ0v) is 15.2. The Bertz CT molecular complexity index is 769. The topological polar surface area (TPSA) is 83.6 Å². The van der Waals surface area contributed by atoms with E-state index in [1.165, 1.54) is 4.90 Å². The van der Waals surface area contributed by atoms with Gasteiger partial charge in [-0.3, -0.25) is 9.59 Å². The first-order chi connectivity index (χ1) is 11.9. The lowest BCUT2D eigenvalue weighted by Gasteiger charge is -2.23. The average Bonchev–Trinajstić information content (AvgIpc) is 3.22. The summed E-state index contributed by atoms with van der Waals surface area (Å²) >= 11 is 0. The number of hydrogen-bond acceptors (Lipinski definition) is 4. The van der Waals surface area contributed by atoms with E-state index < -0.39 is 9.84 Å². The summed E-state index contributed by atoms with van der Waals surface area (Å²) < 4.78 is 23.2. The Morgan fingerprint density at radius 1 is 1.12 bits per heavy atom. The molecule has 2 amide bonds. The molecule has 6 nitrogen and oxygen atoms in total. The highest BCUT2D eigenvalue weighted by Crippen LogP contribution is 2.20. The minimum absolute atomic E-state index is 0.0110. The van der Waals surface area contributed by atoms with Crippen LogP contribution in [0.4, 0.5) is 0 Å². The molecule has 0 spiro atoms. The van der Waals surface area contributed by atoms with Crippen molar-refractivity contribution in [1.82, 2.24) is 10.2 Å². The van der Waals surface area contributed by atoms with E-state index in [0.717, 1.165) is 25.7 Å². The molecule has 1 aliphatic carbocycles. The van der Waals surface area contributed by atoms with Crippen molar-refractivity contribution < 1.29 is 18.0 Å². The van der Waals surface area contributed by atoms with Crippen molar-refractivity contribution in [3.05, 3.63) is 35.4 Å². The monoisotopic (exact) mass is 364 g/mol.